The van der Waals surface area contributed by atoms with Crippen molar-refractivity contribution >= 4 is 11.7 Å². The largest absolute Gasteiger partial charge is 0.344 e. The summed E-state index contributed by atoms with van der Waals surface area (Å²) in [6.07, 6.45) is 3.70. The molecule has 1 aliphatic carbocycles. The molecule has 2 fully saturated rings. The van der Waals surface area contributed by atoms with Crippen LogP contribution in [0, 0.1) is 28.6 Å². The van der Waals surface area contributed by atoms with Gasteiger partial charge in [-0.05, 0) is 24.7 Å². The van der Waals surface area contributed by atoms with Gasteiger partial charge in [0.15, 0.2) is 0 Å². The van der Waals surface area contributed by atoms with Crippen LogP contribution in [-0.2, 0) is 9.59 Å². The smallest absolute Gasteiger partial charge is 0.243 e. The van der Waals surface area contributed by atoms with Crippen molar-refractivity contribution in [3.8, 4) is 6.07 Å². The van der Waals surface area contributed by atoms with Crippen LogP contribution in [0.15, 0.2) is 12.7 Å². The van der Waals surface area contributed by atoms with Crippen LogP contribution < -0.4 is 0 Å². The van der Waals surface area contributed by atoms with Gasteiger partial charge in [0.25, 0.3) is 0 Å². The van der Waals surface area contributed by atoms with Crippen LogP contribution in [0.25, 0.3) is 0 Å². The van der Waals surface area contributed by atoms with Crippen molar-refractivity contribution < 1.29 is 9.59 Å². The molecule has 0 unspecified atom stereocenters. The molecule has 2 aliphatic rings. The van der Waals surface area contributed by atoms with Gasteiger partial charge in [-0.2, -0.15) is 5.26 Å². The van der Waals surface area contributed by atoms with E-state index in [1.54, 1.807) is 18.0 Å². The lowest BCUT2D eigenvalue weighted by molar-refractivity contribution is -0.151. The fourth-order valence-corrected chi connectivity index (χ4v) is 3.43. The Morgan fingerprint density at radius 2 is 2.33 bits per heavy atom. The lowest BCUT2D eigenvalue weighted by Gasteiger charge is -2.48. The van der Waals surface area contributed by atoms with Gasteiger partial charge in [0.05, 0.1) is 6.07 Å². The first-order valence-electron chi connectivity index (χ1n) is 6.34. The number of ketones is 1. The molecule has 96 valence electrons. The van der Waals surface area contributed by atoms with E-state index in [-0.39, 0.29) is 23.5 Å². The van der Waals surface area contributed by atoms with E-state index in [1.807, 2.05) is 0 Å². The Balaban J connectivity index is 2.42. The summed E-state index contributed by atoms with van der Waals surface area (Å²) in [7, 11) is 1.74. The average molecular weight is 246 g/mol. The van der Waals surface area contributed by atoms with E-state index in [2.05, 4.69) is 12.6 Å². The number of carbonyl (C=O) groups is 2. The third-order valence-electron chi connectivity index (χ3n) is 4.35. The van der Waals surface area contributed by atoms with Crippen LogP contribution >= 0.6 is 0 Å². The summed E-state index contributed by atoms with van der Waals surface area (Å²) in [5.74, 6) is 0.161. The molecule has 0 aromatic carbocycles. The number of hydrogen-bond acceptors (Lipinski definition) is 3. The Morgan fingerprint density at radius 3 is 2.94 bits per heavy atom. The van der Waals surface area contributed by atoms with Crippen LogP contribution in [0.4, 0.5) is 0 Å². The predicted molar refractivity (Wildman–Crippen MR) is 66.3 cm³/mol. The molecule has 0 N–H and O–H groups in total. The summed E-state index contributed by atoms with van der Waals surface area (Å²) in [5.41, 5.74) is -1.07. The molecule has 4 nitrogen and oxygen atoms in total. The quantitative estimate of drug-likeness (QED) is 0.694. The lowest BCUT2D eigenvalue weighted by Crippen LogP contribution is -2.57. The third-order valence-corrected chi connectivity index (χ3v) is 4.35. The standard InChI is InChI=1S/C14H18N2O2/c1-3-6-14(9-15)12-7-11(17)5-4-10(12)8-16(2)13(14)18/h3,10,12H,1,4-8H2,2H3/t10-,12-,14-/m1/s1. The van der Waals surface area contributed by atoms with Crippen molar-refractivity contribution in [2.75, 3.05) is 13.6 Å². The van der Waals surface area contributed by atoms with Crippen molar-refractivity contribution in [3.63, 3.8) is 0 Å². The van der Waals surface area contributed by atoms with Gasteiger partial charge in [-0.15, -0.1) is 6.58 Å². The highest BCUT2D eigenvalue weighted by Gasteiger charge is 2.55. The van der Waals surface area contributed by atoms with Gasteiger partial charge in [-0.3, -0.25) is 9.59 Å². The van der Waals surface area contributed by atoms with E-state index in [4.69, 9.17) is 0 Å². The van der Waals surface area contributed by atoms with Gasteiger partial charge in [-0.1, -0.05) is 6.08 Å². The third kappa shape index (κ3) is 1.74. The molecule has 1 heterocycles. The minimum atomic E-state index is -1.07. The normalized spacial score (nSPS) is 35.9. The second-order valence-electron chi connectivity index (χ2n) is 5.41. The molecule has 1 amide bonds. The fourth-order valence-electron chi connectivity index (χ4n) is 3.43. The highest BCUT2D eigenvalue weighted by molar-refractivity contribution is 5.89. The number of Topliss-reactive ketones (excluding diaryl/α,β-unsaturated/α-hetero) is 1. The van der Waals surface area contributed by atoms with E-state index in [9.17, 15) is 14.9 Å². The average Bonchev–Trinajstić information content (AvgIpc) is 2.36. The van der Waals surface area contributed by atoms with Crippen molar-refractivity contribution in [2.24, 2.45) is 17.3 Å². The molecule has 0 aromatic heterocycles. The minimum absolute atomic E-state index is 0.134. The number of rotatable bonds is 2. The van der Waals surface area contributed by atoms with Crippen molar-refractivity contribution in [2.45, 2.75) is 25.7 Å². The van der Waals surface area contributed by atoms with Crippen LogP contribution in [0.2, 0.25) is 0 Å². The molecule has 4 heteroatoms. The second-order valence-corrected chi connectivity index (χ2v) is 5.41. The zero-order valence-electron chi connectivity index (χ0n) is 10.7. The SMILES string of the molecule is C=CC[C@]1(C#N)C(=O)N(C)C[C@H]2CCC(=O)C[C@H]21. The molecule has 2 rings (SSSR count). The maximum atomic E-state index is 12.4. The Hall–Kier alpha value is -1.63. The van der Waals surface area contributed by atoms with Crippen LogP contribution in [0.1, 0.15) is 25.7 Å². The van der Waals surface area contributed by atoms with Crippen molar-refractivity contribution in [1.29, 1.82) is 5.26 Å². The monoisotopic (exact) mass is 246 g/mol. The van der Waals surface area contributed by atoms with Gasteiger partial charge >= 0.3 is 0 Å². The topological polar surface area (TPSA) is 61.2 Å². The molecule has 18 heavy (non-hydrogen) atoms. The van der Waals surface area contributed by atoms with Gasteiger partial charge < -0.3 is 4.90 Å². The zero-order chi connectivity index (χ0) is 13.3. The molecule has 1 saturated heterocycles. The Bertz CT molecular complexity index is 438. The molecule has 0 radical (unpaired) electrons. The number of allylic oxidation sites excluding steroid dienone is 1. The van der Waals surface area contributed by atoms with Gasteiger partial charge in [0.1, 0.15) is 11.2 Å². The Morgan fingerprint density at radius 1 is 1.61 bits per heavy atom. The van der Waals surface area contributed by atoms with E-state index < -0.39 is 5.41 Å². The second kappa shape index (κ2) is 4.56. The molecule has 0 aromatic rings. The van der Waals surface area contributed by atoms with E-state index in [1.165, 1.54) is 0 Å². The first-order valence-corrected chi connectivity index (χ1v) is 6.34. The van der Waals surface area contributed by atoms with Gasteiger partial charge in [0, 0.05) is 26.4 Å². The van der Waals surface area contributed by atoms with E-state index in [0.717, 1.165) is 6.42 Å². The predicted octanol–water partition coefficient (Wildman–Crippen LogP) is 1.53. The zero-order valence-corrected chi connectivity index (χ0v) is 10.7. The molecule has 0 bridgehead atoms. The highest BCUT2D eigenvalue weighted by atomic mass is 16.2. The first kappa shape index (κ1) is 12.8. The number of fused-ring (bicyclic) bond motifs is 1. The van der Waals surface area contributed by atoms with Crippen molar-refractivity contribution in [3.05, 3.63) is 12.7 Å². The summed E-state index contributed by atoms with van der Waals surface area (Å²) in [4.78, 5) is 25.7. The summed E-state index contributed by atoms with van der Waals surface area (Å²) in [6.45, 7) is 4.32. The highest BCUT2D eigenvalue weighted by Crippen LogP contribution is 2.47. The van der Waals surface area contributed by atoms with Crippen LogP contribution in [-0.4, -0.2) is 30.2 Å². The van der Waals surface area contributed by atoms with Gasteiger partial charge in [-0.25, -0.2) is 0 Å². The van der Waals surface area contributed by atoms with Gasteiger partial charge in [0.2, 0.25) is 5.91 Å². The van der Waals surface area contributed by atoms with E-state index >= 15 is 0 Å². The molecular weight excluding hydrogens is 228 g/mol. The number of amides is 1. The molecule has 3 atom stereocenters. The summed E-state index contributed by atoms with van der Waals surface area (Å²) < 4.78 is 0. The van der Waals surface area contributed by atoms with Crippen LogP contribution in [0.3, 0.4) is 0 Å². The number of carbonyl (C=O) groups excluding carboxylic acids is 2. The molecule has 1 aliphatic heterocycles. The number of nitriles is 1. The number of nitrogens with zero attached hydrogens (tertiary/aromatic N) is 2. The Labute approximate surface area is 107 Å². The van der Waals surface area contributed by atoms with Crippen molar-refractivity contribution in [1.82, 2.24) is 4.90 Å². The minimum Gasteiger partial charge on any atom is -0.344 e. The molecular formula is C14H18N2O2. The molecule has 1 saturated carbocycles. The summed E-state index contributed by atoms with van der Waals surface area (Å²) in [5, 5.41) is 9.53. The number of hydrogen-bond donors (Lipinski definition) is 0. The van der Waals surface area contributed by atoms with Crippen LogP contribution in [0.5, 0.6) is 0 Å². The van der Waals surface area contributed by atoms with E-state index in [0.29, 0.717) is 25.8 Å². The maximum absolute atomic E-state index is 12.4. The summed E-state index contributed by atoms with van der Waals surface area (Å²) >= 11 is 0. The number of piperidine rings is 1. The Kier molecular flexibility index (Phi) is 3.25. The lowest BCUT2D eigenvalue weighted by atomic mass is 9.60. The fraction of sp³-hybridized carbons (Fsp3) is 0.643. The first-order chi connectivity index (χ1) is 8.55. The summed E-state index contributed by atoms with van der Waals surface area (Å²) in [6, 6.07) is 2.20. The maximum Gasteiger partial charge on any atom is 0.243 e. The number of likely N-dealkylation sites (tertiary alicyclic amines) is 1. The molecule has 0 spiro atoms.